The maximum Gasteiger partial charge on any atom is 0.319 e. The fraction of sp³-hybridized carbons (Fsp3) is 0.133. The first-order chi connectivity index (χ1) is 10.6. The van der Waals surface area contributed by atoms with E-state index in [0.29, 0.717) is 5.69 Å². The van der Waals surface area contributed by atoms with Crippen LogP contribution < -0.4 is 10.6 Å². The van der Waals surface area contributed by atoms with Crippen molar-refractivity contribution in [3.8, 4) is 0 Å². The molecule has 3 N–H and O–H groups in total. The van der Waals surface area contributed by atoms with Crippen molar-refractivity contribution < 1.29 is 14.8 Å². The van der Waals surface area contributed by atoms with Crippen LogP contribution in [0.3, 0.4) is 0 Å². The molecular formula is C15H15N3O4. The molecular weight excluding hydrogens is 286 g/mol. The van der Waals surface area contributed by atoms with Crippen LogP contribution in [0.1, 0.15) is 11.6 Å². The van der Waals surface area contributed by atoms with Gasteiger partial charge in [0.1, 0.15) is 0 Å². The van der Waals surface area contributed by atoms with Gasteiger partial charge in [-0.05, 0) is 17.7 Å². The van der Waals surface area contributed by atoms with Gasteiger partial charge < -0.3 is 15.7 Å². The van der Waals surface area contributed by atoms with Gasteiger partial charge >= 0.3 is 6.03 Å². The van der Waals surface area contributed by atoms with Crippen LogP contribution >= 0.6 is 0 Å². The van der Waals surface area contributed by atoms with Crippen molar-refractivity contribution in [3.05, 3.63) is 70.3 Å². The van der Waals surface area contributed by atoms with Crippen molar-refractivity contribution in [3.63, 3.8) is 0 Å². The Bertz CT molecular complexity index is 644. The molecule has 114 valence electrons. The van der Waals surface area contributed by atoms with Crippen LogP contribution in [0.4, 0.5) is 16.2 Å². The highest BCUT2D eigenvalue weighted by Gasteiger charge is 2.13. The summed E-state index contributed by atoms with van der Waals surface area (Å²) in [6, 6.07) is 13.5. The first kappa shape index (κ1) is 15.5. The highest BCUT2D eigenvalue weighted by Crippen LogP contribution is 2.16. The number of amides is 2. The standard InChI is InChI=1S/C15H15N3O4/c19-10-14(11-4-2-1-3-5-11)17-15(20)16-12-6-8-13(9-7-12)18(21)22/h1-9,14,19H,10H2,(H2,16,17,20). The molecule has 0 aliphatic carbocycles. The number of urea groups is 1. The average Bonchev–Trinajstić information content (AvgIpc) is 2.54. The summed E-state index contributed by atoms with van der Waals surface area (Å²) in [6.45, 7) is -0.238. The Kier molecular flexibility index (Phi) is 5.05. The number of non-ortho nitro benzene ring substituents is 1. The molecule has 2 aromatic rings. The molecule has 2 aromatic carbocycles. The zero-order valence-corrected chi connectivity index (χ0v) is 11.6. The number of benzene rings is 2. The summed E-state index contributed by atoms with van der Waals surface area (Å²) in [6.07, 6.45) is 0. The Morgan fingerprint density at radius 3 is 2.32 bits per heavy atom. The van der Waals surface area contributed by atoms with Gasteiger partial charge in [-0.25, -0.2) is 4.79 Å². The lowest BCUT2D eigenvalue weighted by atomic mass is 10.1. The minimum atomic E-state index is -0.528. The zero-order chi connectivity index (χ0) is 15.9. The third-order valence-electron chi connectivity index (χ3n) is 3.03. The van der Waals surface area contributed by atoms with E-state index < -0.39 is 17.0 Å². The largest absolute Gasteiger partial charge is 0.394 e. The molecule has 22 heavy (non-hydrogen) atoms. The van der Waals surface area contributed by atoms with Gasteiger partial charge in [0.15, 0.2) is 0 Å². The van der Waals surface area contributed by atoms with Crippen molar-refractivity contribution >= 4 is 17.4 Å². The van der Waals surface area contributed by atoms with Crippen LogP contribution in [0.5, 0.6) is 0 Å². The molecule has 0 spiro atoms. The molecule has 1 unspecified atom stereocenters. The maximum absolute atomic E-state index is 11.9. The predicted molar refractivity (Wildman–Crippen MR) is 81.5 cm³/mol. The summed E-state index contributed by atoms with van der Waals surface area (Å²) < 4.78 is 0. The Morgan fingerprint density at radius 1 is 1.14 bits per heavy atom. The molecule has 0 radical (unpaired) electrons. The number of hydrogen-bond donors (Lipinski definition) is 3. The number of aliphatic hydroxyl groups excluding tert-OH is 1. The SMILES string of the molecule is O=C(Nc1ccc([N+](=O)[O-])cc1)NC(CO)c1ccccc1. The fourth-order valence-electron chi connectivity index (χ4n) is 1.91. The Labute approximate surface area is 126 Å². The Morgan fingerprint density at radius 2 is 1.77 bits per heavy atom. The average molecular weight is 301 g/mol. The number of carbonyl (C=O) groups excluding carboxylic acids is 1. The summed E-state index contributed by atoms with van der Waals surface area (Å²) in [5.74, 6) is 0. The van der Waals surface area contributed by atoms with Gasteiger partial charge in [0.05, 0.1) is 17.6 Å². The summed E-state index contributed by atoms with van der Waals surface area (Å²) >= 11 is 0. The van der Waals surface area contributed by atoms with E-state index in [1.165, 1.54) is 24.3 Å². The molecule has 7 heteroatoms. The molecule has 0 heterocycles. The number of nitrogens with zero attached hydrogens (tertiary/aromatic N) is 1. The number of nitrogens with one attached hydrogen (secondary N) is 2. The topological polar surface area (TPSA) is 104 Å². The Hall–Kier alpha value is -2.93. The molecule has 1 atom stereocenters. The summed E-state index contributed by atoms with van der Waals surface area (Å²) in [4.78, 5) is 21.9. The maximum atomic E-state index is 11.9. The van der Waals surface area contributed by atoms with E-state index in [2.05, 4.69) is 10.6 Å². The zero-order valence-electron chi connectivity index (χ0n) is 11.6. The van der Waals surface area contributed by atoms with Gasteiger partial charge in [0, 0.05) is 17.8 Å². The Balaban J connectivity index is 1.98. The first-order valence-corrected chi connectivity index (χ1v) is 6.58. The lowest BCUT2D eigenvalue weighted by molar-refractivity contribution is -0.384. The smallest absolute Gasteiger partial charge is 0.319 e. The van der Waals surface area contributed by atoms with E-state index in [0.717, 1.165) is 5.56 Å². The molecule has 0 aliphatic rings. The molecule has 0 fully saturated rings. The van der Waals surface area contributed by atoms with E-state index >= 15 is 0 Å². The van der Waals surface area contributed by atoms with Crippen LogP contribution in [0, 0.1) is 10.1 Å². The molecule has 0 aromatic heterocycles. The van der Waals surface area contributed by atoms with Crippen LogP contribution in [0.25, 0.3) is 0 Å². The third kappa shape index (κ3) is 4.03. The van der Waals surface area contributed by atoms with Gasteiger partial charge in [-0.2, -0.15) is 0 Å². The monoisotopic (exact) mass is 301 g/mol. The van der Waals surface area contributed by atoms with Gasteiger partial charge in [-0.15, -0.1) is 0 Å². The summed E-state index contributed by atoms with van der Waals surface area (Å²) in [5, 5.41) is 25.1. The number of carbonyl (C=O) groups is 1. The molecule has 7 nitrogen and oxygen atoms in total. The van der Waals surface area contributed by atoms with Crippen LogP contribution in [-0.4, -0.2) is 22.7 Å². The molecule has 0 bridgehead atoms. The second-order valence-corrected chi connectivity index (χ2v) is 4.55. The van der Waals surface area contributed by atoms with Gasteiger partial charge in [0.25, 0.3) is 5.69 Å². The molecule has 0 aliphatic heterocycles. The first-order valence-electron chi connectivity index (χ1n) is 6.58. The molecule has 0 saturated carbocycles. The van der Waals surface area contributed by atoms with Crippen molar-refractivity contribution in [2.45, 2.75) is 6.04 Å². The van der Waals surface area contributed by atoms with Gasteiger partial charge in [-0.3, -0.25) is 10.1 Å². The summed E-state index contributed by atoms with van der Waals surface area (Å²) in [5.41, 5.74) is 1.15. The summed E-state index contributed by atoms with van der Waals surface area (Å²) in [7, 11) is 0. The predicted octanol–water partition coefficient (Wildman–Crippen LogP) is 2.45. The number of rotatable bonds is 5. The fourth-order valence-corrected chi connectivity index (χ4v) is 1.91. The van der Waals surface area contributed by atoms with Crippen LogP contribution in [0.2, 0.25) is 0 Å². The van der Waals surface area contributed by atoms with Gasteiger partial charge in [0.2, 0.25) is 0 Å². The molecule has 0 saturated heterocycles. The highest BCUT2D eigenvalue weighted by atomic mass is 16.6. The normalized spacial score (nSPS) is 11.5. The quantitative estimate of drug-likeness (QED) is 0.582. The third-order valence-corrected chi connectivity index (χ3v) is 3.03. The lowest BCUT2D eigenvalue weighted by Gasteiger charge is -2.17. The second-order valence-electron chi connectivity index (χ2n) is 4.55. The number of nitro benzene ring substituents is 1. The number of aliphatic hydroxyl groups is 1. The van der Waals surface area contributed by atoms with Crippen molar-refractivity contribution in [2.75, 3.05) is 11.9 Å². The van der Waals surface area contributed by atoms with E-state index in [1.54, 1.807) is 12.1 Å². The minimum Gasteiger partial charge on any atom is -0.394 e. The van der Waals surface area contributed by atoms with Crippen LogP contribution in [0.15, 0.2) is 54.6 Å². The minimum absolute atomic E-state index is 0.0523. The van der Waals surface area contributed by atoms with Crippen molar-refractivity contribution in [2.24, 2.45) is 0 Å². The lowest BCUT2D eigenvalue weighted by Crippen LogP contribution is -2.34. The van der Waals surface area contributed by atoms with Crippen molar-refractivity contribution in [1.29, 1.82) is 0 Å². The van der Waals surface area contributed by atoms with E-state index in [-0.39, 0.29) is 12.3 Å². The second kappa shape index (κ2) is 7.19. The van der Waals surface area contributed by atoms with Crippen LogP contribution in [-0.2, 0) is 0 Å². The number of hydrogen-bond acceptors (Lipinski definition) is 4. The van der Waals surface area contributed by atoms with Crippen molar-refractivity contribution in [1.82, 2.24) is 5.32 Å². The number of anilines is 1. The van der Waals surface area contributed by atoms with E-state index in [1.807, 2.05) is 18.2 Å². The molecule has 2 rings (SSSR count). The number of nitro groups is 1. The highest BCUT2D eigenvalue weighted by molar-refractivity contribution is 5.89. The molecule has 2 amide bonds. The van der Waals surface area contributed by atoms with E-state index in [9.17, 15) is 20.0 Å². The van der Waals surface area contributed by atoms with E-state index in [4.69, 9.17) is 0 Å². The van der Waals surface area contributed by atoms with Gasteiger partial charge in [-0.1, -0.05) is 30.3 Å².